The summed E-state index contributed by atoms with van der Waals surface area (Å²) in [6.07, 6.45) is 1.19. The number of aromatic amines is 1. The molecule has 7 heteroatoms. The largest absolute Gasteiger partial charge is 0.342 e. The zero-order valence-electron chi connectivity index (χ0n) is 12.5. The number of benzene rings is 1. The molecule has 5 nitrogen and oxygen atoms in total. The van der Waals surface area contributed by atoms with Crippen LogP contribution in [-0.4, -0.2) is 46.5 Å². The lowest BCUT2D eigenvalue weighted by atomic mass is 10.2. The van der Waals surface area contributed by atoms with Crippen LogP contribution in [0.4, 0.5) is 0 Å². The number of imidazole rings is 1. The Balaban J connectivity index is 0.00000121. The molecular weight excluding hydrogens is 323 g/mol. The van der Waals surface area contributed by atoms with Crippen molar-refractivity contribution in [3.8, 4) is 0 Å². The summed E-state index contributed by atoms with van der Waals surface area (Å²) < 4.78 is 0. The zero-order valence-corrected chi connectivity index (χ0v) is 14.2. The lowest BCUT2D eigenvalue weighted by Crippen LogP contribution is -2.52. The van der Waals surface area contributed by atoms with Gasteiger partial charge in [0.2, 0.25) is 5.91 Å². The number of para-hydroxylation sites is 2. The summed E-state index contributed by atoms with van der Waals surface area (Å²) in [6, 6.07) is 8.23. The van der Waals surface area contributed by atoms with Gasteiger partial charge in [0.25, 0.3) is 0 Å². The standard InChI is InChI=1S/C15H20N4O.2ClH/c1-11-10-16-8-9-19(11)15(20)7-6-14-17-12-4-2-3-5-13(12)18-14;;/h2-5,11,16H,6-10H2,1H3,(H,17,18);2*1H/t11-;;/m0../s1. The van der Waals surface area contributed by atoms with Crippen molar-refractivity contribution in [1.29, 1.82) is 0 Å². The fourth-order valence-corrected chi connectivity index (χ4v) is 2.70. The average Bonchev–Trinajstić information content (AvgIpc) is 2.88. The van der Waals surface area contributed by atoms with Crippen LogP contribution in [0.25, 0.3) is 11.0 Å². The van der Waals surface area contributed by atoms with E-state index < -0.39 is 0 Å². The highest BCUT2D eigenvalue weighted by Gasteiger charge is 2.22. The number of fused-ring (bicyclic) bond motifs is 1. The van der Waals surface area contributed by atoms with Crippen molar-refractivity contribution < 1.29 is 4.79 Å². The minimum atomic E-state index is 0. The van der Waals surface area contributed by atoms with Crippen LogP contribution in [0.15, 0.2) is 24.3 Å². The van der Waals surface area contributed by atoms with Crippen LogP contribution in [0.5, 0.6) is 0 Å². The second-order valence-corrected chi connectivity index (χ2v) is 5.34. The summed E-state index contributed by atoms with van der Waals surface area (Å²) in [7, 11) is 0. The molecule has 2 aromatic rings. The van der Waals surface area contributed by atoms with E-state index in [1.54, 1.807) is 0 Å². The van der Waals surface area contributed by atoms with Crippen molar-refractivity contribution in [2.24, 2.45) is 0 Å². The maximum atomic E-state index is 12.3. The summed E-state index contributed by atoms with van der Waals surface area (Å²) in [4.78, 5) is 22.0. The Hall–Kier alpha value is -1.30. The van der Waals surface area contributed by atoms with Gasteiger partial charge in [-0.25, -0.2) is 4.98 Å². The van der Waals surface area contributed by atoms with Gasteiger partial charge in [-0.15, -0.1) is 24.8 Å². The van der Waals surface area contributed by atoms with Crippen molar-refractivity contribution in [3.63, 3.8) is 0 Å². The minimum Gasteiger partial charge on any atom is -0.342 e. The van der Waals surface area contributed by atoms with Crippen molar-refractivity contribution in [2.45, 2.75) is 25.8 Å². The molecule has 1 fully saturated rings. The number of aryl methyl sites for hydroxylation is 1. The number of halogens is 2. The number of carbonyl (C=O) groups is 1. The first-order valence-corrected chi connectivity index (χ1v) is 7.18. The summed E-state index contributed by atoms with van der Waals surface area (Å²) in [6.45, 7) is 4.67. The van der Waals surface area contributed by atoms with Gasteiger partial charge < -0.3 is 15.2 Å². The second kappa shape index (κ2) is 8.36. The second-order valence-electron chi connectivity index (χ2n) is 5.34. The smallest absolute Gasteiger partial charge is 0.223 e. The molecule has 22 heavy (non-hydrogen) atoms. The Morgan fingerprint density at radius 2 is 2.14 bits per heavy atom. The molecule has 1 amide bonds. The van der Waals surface area contributed by atoms with E-state index in [0.29, 0.717) is 12.8 Å². The van der Waals surface area contributed by atoms with Gasteiger partial charge in [-0.1, -0.05) is 12.1 Å². The minimum absolute atomic E-state index is 0. The Morgan fingerprint density at radius 3 is 2.86 bits per heavy atom. The van der Waals surface area contributed by atoms with Crippen molar-refractivity contribution in [1.82, 2.24) is 20.2 Å². The van der Waals surface area contributed by atoms with Crippen LogP contribution in [0.1, 0.15) is 19.2 Å². The molecule has 1 saturated heterocycles. The lowest BCUT2D eigenvalue weighted by Gasteiger charge is -2.34. The number of rotatable bonds is 3. The average molecular weight is 345 g/mol. The number of piperazine rings is 1. The van der Waals surface area contributed by atoms with E-state index in [1.807, 2.05) is 29.2 Å². The number of hydrogen-bond acceptors (Lipinski definition) is 3. The van der Waals surface area contributed by atoms with Crippen molar-refractivity contribution in [2.75, 3.05) is 19.6 Å². The first-order chi connectivity index (χ1) is 9.74. The molecule has 1 aromatic carbocycles. The molecule has 2 heterocycles. The fraction of sp³-hybridized carbons (Fsp3) is 0.467. The summed E-state index contributed by atoms with van der Waals surface area (Å²) in [5, 5.41) is 3.30. The molecule has 3 rings (SSSR count). The molecular formula is C15H22Cl2N4O. The highest BCUT2D eigenvalue weighted by Crippen LogP contribution is 2.12. The maximum absolute atomic E-state index is 12.3. The molecule has 122 valence electrons. The van der Waals surface area contributed by atoms with Crippen LogP contribution in [0, 0.1) is 0 Å². The molecule has 0 saturated carbocycles. The van der Waals surface area contributed by atoms with Gasteiger partial charge in [-0.05, 0) is 19.1 Å². The summed E-state index contributed by atoms with van der Waals surface area (Å²) in [5.74, 6) is 1.11. The number of hydrogen-bond donors (Lipinski definition) is 2. The van der Waals surface area contributed by atoms with E-state index in [9.17, 15) is 4.79 Å². The number of nitrogens with one attached hydrogen (secondary N) is 2. The molecule has 1 aliphatic heterocycles. The Morgan fingerprint density at radius 1 is 1.36 bits per heavy atom. The van der Waals surface area contributed by atoms with Gasteiger partial charge in [0, 0.05) is 38.5 Å². The predicted octanol–water partition coefficient (Wildman–Crippen LogP) is 2.16. The molecule has 2 N–H and O–H groups in total. The molecule has 0 unspecified atom stereocenters. The van der Waals surface area contributed by atoms with E-state index in [1.165, 1.54) is 0 Å². The third-order valence-electron chi connectivity index (χ3n) is 3.84. The lowest BCUT2D eigenvalue weighted by molar-refractivity contribution is -0.133. The quantitative estimate of drug-likeness (QED) is 0.896. The van der Waals surface area contributed by atoms with E-state index in [0.717, 1.165) is 36.5 Å². The van der Waals surface area contributed by atoms with Crippen LogP contribution in [0.2, 0.25) is 0 Å². The van der Waals surface area contributed by atoms with Gasteiger partial charge >= 0.3 is 0 Å². The highest BCUT2D eigenvalue weighted by atomic mass is 35.5. The third-order valence-corrected chi connectivity index (χ3v) is 3.84. The molecule has 0 bridgehead atoms. The maximum Gasteiger partial charge on any atom is 0.223 e. The predicted molar refractivity (Wildman–Crippen MR) is 93.0 cm³/mol. The Labute approximate surface area is 142 Å². The number of aromatic nitrogens is 2. The van der Waals surface area contributed by atoms with Crippen LogP contribution < -0.4 is 5.32 Å². The topological polar surface area (TPSA) is 61.0 Å². The number of nitrogens with zero attached hydrogens (tertiary/aromatic N) is 2. The van der Waals surface area contributed by atoms with Gasteiger partial charge in [0.05, 0.1) is 11.0 Å². The number of carbonyl (C=O) groups excluding carboxylic acids is 1. The van der Waals surface area contributed by atoms with Crippen LogP contribution >= 0.6 is 24.8 Å². The van der Waals surface area contributed by atoms with Gasteiger partial charge in [0.1, 0.15) is 5.82 Å². The molecule has 0 spiro atoms. The Bertz CT molecular complexity index is 583. The highest BCUT2D eigenvalue weighted by molar-refractivity contribution is 5.85. The first kappa shape index (κ1) is 18.7. The van der Waals surface area contributed by atoms with Crippen molar-refractivity contribution in [3.05, 3.63) is 30.1 Å². The number of H-pyrrole nitrogens is 1. The molecule has 1 aliphatic rings. The van der Waals surface area contributed by atoms with Crippen molar-refractivity contribution >= 4 is 41.8 Å². The summed E-state index contributed by atoms with van der Waals surface area (Å²) in [5.41, 5.74) is 2.00. The normalized spacial score (nSPS) is 17.7. The van der Waals surface area contributed by atoms with E-state index in [-0.39, 0.29) is 36.8 Å². The zero-order chi connectivity index (χ0) is 13.9. The van der Waals surface area contributed by atoms with E-state index in [4.69, 9.17) is 0 Å². The SMILES string of the molecule is C[C@H]1CNCCN1C(=O)CCc1nc2ccccc2[nH]1.Cl.Cl. The third kappa shape index (κ3) is 4.12. The fourth-order valence-electron chi connectivity index (χ4n) is 2.70. The molecule has 0 radical (unpaired) electrons. The molecule has 1 aromatic heterocycles. The summed E-state index contributed by atoms with van der Waals surface area (Å²) >= 11 is 0. The monoisotopic (exact) mass is 344 g/mol. The van der Waals surface area contributed by atoms with Gasteiger partial charge in [0.15, 0.2) is 0 Å². The number of amides is 1. The first-order valence-electron chi connectivity index (χ1n) is 7.18. The van der Waals surface area contributed by atoms with Gasteiger partial charge in [-0.2, -0.15) is 0 Å². The van der Waals surface area contributed by atoms with Gasteiger partial charge in [-0.3, -0.25) is 4.79 Å². The van der Waals surface area contributed by atoms with E-state index in [2.05, 4.69) is 22.2 Å². The van der Waals surface area contributed by atoms with E-state index >= 15 is 0 Å². The Kier molecular flexibility index (Phi) is 7.13. The van der Waals surface area contributed by atoms with Crippen LogP contribution in [0.3, 0.4) is 0 Å². The molecule has 1 atom stereocenters. The van der Waals surface area contributed by atoms with Crippen LogP contribution in [-0.2, 0) is 11.2 Å². The molecule has 0 aliphatic carbocycles.